The van der Waals surface area contributed by atoms with Gasteiger partial charge < -0.3 is 0 Å². The van der Waals surface area contributed by atoms with Crippen molar-refractivity contribution in [1.29, 1.82) is 0 Å². The SMILES string of the molecule is [C]1=C\C=C\CC/C=C/C/C=C\C/1. The average Bonchev–Trinajstić information content (AvgIpc) is 2.05. The molecule has 63 valence electrons. The second-order valence-electron chi connectivity index (χ2n) is 2.76. The highest BCUT2D eigenvalue weighted by atomic mass is 13.8. The predicted octanol–water partition coefficient (Wildman–Crippen LogP) is 3.59. The fraction of sp³-hybridized carbons (Fsp3) is 0.333. The molecule has 0 aromatic heterocycles. The maximum Gasteiger partial charge on any atom is -0.00945 e. The molecular weight excluding hydrogens is 144 g/mol. The highest BCUT2D eigenvalue weighted by Crippen LogP contribution is 1.98. The Labute approximate surface area is 75.0 Å². The number of hydrogen-bond donors (Lipinski definition) is 0. The number of allylic oxidation sites excluding steroid dienone is 8. The van der Waals surface area contributed by atoms with Crippen molar-refractivity contribution in [2.45, 2.75) is 25.7 Å². The molecule has 0 heteroatoms. The largest absolute Gasteiger partial charge is 0.0879 e. The maximum atomic E-state index is 3.18. The summed E-state index contributed by atoms with van der Waals surface area (Å²) in [5.41, 5.74) is 0. The molecule has 0 saturated heterocycles. The van der Waals surface area contributed by atoms with E-state index in [1.54, 1.807) is 0 Å². The Bertz CT molecular complexity index is 204. The molecule has 1 rings (SSSR count). The molecule has 12 heavy (non-hydrogen) atoms. The van der Waals surface area contributed by atoms with Crippen molar-refractivity contribution in [2.75, 3.05) is 0 Å². The Kier molecular flexibility index (Phi) is 5.02. The van der Waals surface area contributed by atoms with E-state index in [4.69, 9.17) is 0 Å². The first-order valence-electron chi connectivity index (χ1n) is 4.52. The molecule has 0 atom stereocenters. The zero-order chi connectivity index (χ0) is 8.49. The van der Waals surface area contributed by atoms with Crippen LogP contribution in [0.3, 0.4) is 0 Å². The minimum absolute atomic E-state index is 0.929. The van der Waals surface area contributed by atoms with Crippen LogP contribution in [-0.2, 0) is 0 Å². The summed E-state index contributed by atoms with van der Waals surface area (Å²) in [6, 6.07) is 0. The van der Waals surface area contributed by atoms with Gasteiger partial charge in [0.15, 0.2) is 0 Å². The van der Waals surface area contributed by atoms with Crippen LogP contribution in [0.5, 0.6) is 0 Å². The monoisotopic (exact) mass is 159 g/mol. The lowest BCUT2D eigenvalue weighted by Gasteiger charge is -1.87. The first-order chi connectivity index (χ1) is 6.00. The van der Waals surface area contributed by atoms with Crippen molar-refractivity contribution in [2.24, 2.45) is 0 Å². The summed E-state index contributed by atoms with van der Waals surface area (Å²) in [6.07, 6.45) is 22.5. The Morgan fingerprint density at radius 3 is 2.67 bits per heavy atom. The molecule has 0 saturated carbocycles. The van der Waals surface area contributed by atoms with E-state index in [1.807, 2.05) is 6.08 Å². The van der Waals surface area contributed by atoms with Crippen LogP contribution in [0.15, 0.2) is 42.5 Å². The van der Waals surface area contributed by atoms with E-state index >= 15 is 0 Å². The molecular formula is C12H15. The van der Waals surface area contributed by atoms with E-state index in [-0.39, 0.29) is 0 Å². The van der Waals surface area contributed by atoms with E-state index in [1.165, 1.54) is 0 Å². The quantitative estimate of drug-likeness (QED) is 0.474. The first kappa shape index (κ1) is 9.05. The molecule has 0 unspecified atom stereocenters. The van der Waals surface area contributed by atoms with Gasteiger partial charge in [0.25, 0.3) is 0 Å². The van der Waals surface area contributed by atoms with Gasteiger partial charge >= 0.3 is 0 Å². The first-order valence-corrected chi connectivity index (χ1v) is 4.52. The molecule has 0 aromatic rings. The Balaban J connectivity index is 2.41. The summed E-state index contributed by atoms with van der Waals surface area (Å²) >= 11 is 0. The van der Waals surface area contributed by atoms with Crippen LogP contribution in [0.1, 0.15) is 25.7 Å². The lowest BCUT2D eigenvalue weighted by Crippen LogP contribution is -1.67. The normalized spacial score (nSPS) is 29.3. The van der Waals surface area contributed by atoms with Crippen LogP contribution < -0.4 is 0 Å². The Hall–Kier alpha value is -1.04. The highest BCUT2D eigenvalue weighted by molar-refractivity contribution is 5.03. The molecule has 0 fully saturated rings. The van der Waals surface area contributed by atoms with Gasteiger partial charge in [-0.05, 0) is 31.8 Å². The molecule has 1 aliphatic carbocycles. The minimum Gasteiger partial charge on any atom is -0.0879 e. The Morgan fingerprint density at radius 1 is 0.833 bits per heavy atom. The summed E-state index contributed by atoms with van der Waals surface area (Å²) in [7, 11) is 0. The van der Waals surface area contributed by atoms with Gasteiger partial charge in [0.2, 0.25) is 0 Å². The lowest BCUT2D eigenvalue weighted by molar-refractivity contribution is 1.04. The van der Waals surface area contributed by atoms with Gasteiger partial charge in [-0.2, -0.15) is 0 Å². The van der Waals surface area contributed by atoms with Crippen molar-refractivity contribution in [1.82, 2.24) is 0 Å². The van der Waals surface area contributed by atoms with Crippen molar-refractivity contribution in [3.05, 3.63) is 48.6 Å². The molecule has 0 aromatic carbocycles. The van der Waals surface area contributed by atoms with E-state index in [0.717, 1.165) is 25.7 Å². The fourth-order valence-corrected chi connectivity index (χ4v) is 1.03. The number of hydrogen-bond acceptors (Lipinski definition) is 0. The predicted molar refractivity (Wildman–Crippen MR) is 53.7 cm³/mol. The van der Waals surface area contributed by atoms with Gasteiger partial charge in [-0.1, -0.05) is 42.5 Å². The zero-order valence-electron chi connectivity index (χ0n) is 7.37. The van der Waals surface area contributed by atoms with Crippen molar-refractivity contribution < 1.29 is 0 Å². The zero-order valence-corrected chi connectivity index (χ0v) is 7.37. The smallest absolute Gasteiger partial charge is 0.00945 e. The van der Waals surface area contributed by atoms with Crippen LogP contribution in [0.4, 0.5) is 0 Å². The minimum atomic E-state index is 0.929. The average molecular weight is 159 g/mol. The topological polar surface area (TPSA) is 0 Å². The Morgan fingerprint density at radius 2 is 1.67 bits per heavy atom. The second-order valence-corrected chi connectivity index (χ2v) is 2.76. The molecule has 0 bridgehead atoms. The summed E-state index contributed by atoms with van der Waals surface area (Å²) in [4.78, 5) is 0. The molecule has 1 radical (unpaired) electrons. The van der Waals surface area contributed by atoms with Crippen molar-refractivity contribution >= 4 is 0 Å². The van der Waals surface area contributed by atoms with Gasteiger partial charge in [-0.15, -0.1) is 0 Å². The van der Waals surface area contributed by atoms with Crippen molar-refractivity contribution in [3.8, 4) is 0 Å². The van der Waals surface area contributed by atoms with E-state index < -0.39 is 0 Å². The van der Waals surface area contributed by atoms with Crippen LogP contribution in [-0.4, -0.2) is 0 Å². The molecule has 0 nitrogen and oxygen atoms in total. The second kappa shape index (κ2) is 6.66. The molecule has 1 aliphatic rings. The summed E-state index contributed by atoms with van der Waals surface area (Å²) in [6.45, 7) is 0. The standard InChI is InChI=1S/C12H15/c1-2-4-6-8-10-12-11-9-7-5-3-1/h1-3,8-11H,4,6-7,12H2/b2-1+,5-3?,10-8+,11-9-. The summed E-state index contributed by atoms with van der Waals surface area (Å²) < 4.78 is 0. The van der Waals surface area contributed by atoms with E-state index in [2.05, 4.69) is 42.5 Å². The summed E-state index contributed by atoms with van der Waals surface area (Å²) in [5.74, 6) is 0. The van der Waals surface area contributed by atoms with Gasteiger partial charge in [-0.3, -0.25) is 0 Å². The third-order valence-corrected chi connectivity index (χ3v) is 1.69. The maximum absolute atomic E-state index is 3.18. The van der Waals surface area contributed by atoms with Gasteiger partial charge in [-0.25, -0.2) is 0 Å². The third kappa shape index (κ3) is 4.73. The lowest BCUT2D eigenvalue weighted by atomic mass is 10.2. The van der Waals surface area contributed by atoms with Crippen LogP contribution >= 0.6 is 0 Å². The molecule has 0 amide bonds. The van der Waals surface area contributed by atoms with Gasteiger partial charge in [0.1, 0.15) is 0 Å². The van der Waals surface area contributed by atoms with Crippen LogP contribution in [0.25, 0.3) is 0 Å². The van der Waals surface area contributed by atoms with Crippen molar-refractivity contribution in [3.63, 3.8) is 0 Å². The van der Waals surface area contributed by atoms with E-state index in [9.17, 15) is 0 Å². The van der Waals surface area contributed by atoms with E-state index in [0.29, 0.717) is 0 Å². The number of rotatable bonds is 0. The highest BCUT2D eigenvalue weighted by Gasteiger charge is 1.78. The fourth-order valence-electron chi connectivity index (χ4n) is 1.03. The van der Waals surface area contributed by atoms with Gasteiger partial charge in [0.05, 0.1) is 0 Å². The molecule has 0 aliphatic heterocycles. The van der Waals surface area contributed by atoms with Crippen LogP contribution in [0, 0.1) is 6.08 Å². The van der Waals surface area contributed by atoms with Gasteiger partial charge in [0, 0.05) is 0 Å². The van der Waals surface area contributed by atoms with Crippen LogP contribution in [0.2, 0.25) is 0 Å². The molecule has 0 spiro atoms. The summed E-state index contributed by atoms with van der Waals surface area (Å²) in [5, 5.41) is 0. The molecule has 0 heterocycles. The third-order valence-electron chi connectivity index (χ3n) is 1.69. The molecule has 0 N–H and O–H groups in total.